The van der Waals surface area contributed by atoms with Crippen LogP contribution in [0, 0.1) is 7.43 Å². The molecule has 2 N–H and O–H groups in total. The van der Waals surface area contributed by atoms with Gasteiger partial charge in [-0.3, -0.25) is 0 Å². The van der Waals surface area contributed by atoms with Crippen LogP contribution < -0.4 is 0 Å². The summed E-state index contributed by atoms with van der Waals surface area (Å²) in [5.74, 6) is 0. The van der Waals surface area contributed by atoms with Gasteiger partial charge in [0.15, 0.2) is 0 Å². The third kappa shape index (κ3) is 22.0. The number of hydrogen-bond donors (Lipinski definition) is 2. The zero-order valence-electron chi connectivity index (χ0n) is 15.0. The van der Waals surface area contributed by atoms with Crippen LogP contribution in [0.15, 0.2) is 3.34 Å². The van der Waals surface area contributed by atoms with Crippen molar-refractivity contribution in [2.75, 3.05) is 0 Å². The molecule has 0 unspecified atom stereocenters. The van der Waals surface area contributed by atoms with Gasteiger partial charge in [0.2, 0.25) is 6.10 Å². The summed E-state index contributed by atoms with van der Waals surface area (Å²) in [6.07, 6.45) is -13.5. The Hall–Kier alpha value is 0.0403. The number of rotatable bonds is 3. The third-order valence-corrected chi connectivity index (χ3v) is 3.95. The van der Waals surface area contributed by atoms with Gasteiger partial charge in [-0.05, 0) is 20.3 Å². The Balaban J connectivity index is -0.000000127. The zero-order valence-corrected chi connectivity index (χ0v) is 17.2. The summed E-state index contributed by atoms with van der Waals surface area (Å²) in [6, 6.07) is 0. The molecule has 0 heterocycles. The van der Waals surface area contributed by atoms with Crippen LogP contribution in [0.25, 0.3) is 0 Å². The fourth-order valence-corrected chi connectivity index (χ4v) is 0.604. The molecule has 0 radical (unpaired) electrons. The van der Waals surface area contributed by atoms with Gasteiger partial charge in [0.25, 0.3) is 0 Å². The summed E-state index contributed by atoms with van der Waals surface area (Å²) in [5, 5.41) is 16.3. The minimum absolute atomic E-state index is 0. The molecule has 0 atom stereocenters. The Kier molecular flexibility index (Phi) is 16.4. The number of alkyl halides is 6. The van der Waals surface area contributed by atoms with Crippen molar-refractivity contribution < 1.29 is 57.4 Å². The third-order valence-electron chi connectivity index (χ3n) is 2.62. The van der Waals surface area contributed by atoms with Crippen molar-refractivity contribution in [1.82, 2.24) is 0 Å². The van der Waals surface area contributed by atoms with E-state index in [1.807, 2.05) is 6.92 Å². The van der Waals surface area contributed by atoms with Crippen molar-refractivity contribution in [3.8, 4) is 0 Å². The largest absolute Gasteiger partial charge is 0.423 e. The van der Waals surface area contributed by atoms with E-state index >= 15 is 0 Å². The quantitative estimate of drug-likeness (QED) is 0.362. The summed E-state index contributed by atoms with van der Waals surface area (Å²) in [5.41, 5.74) is -0.228. The van der Waals surface area contributed by atoms with Crippen molar-refractivity contribution in [3.63, 3.8) is 0 Å². The van der Waals surface area contributed by atoms with Gasteiger partial charge in [-0.25, -0.2) is 0 Å². The minimum Gasteiger partial charge on any atom is -0.377 e. The van der Waals surface area contributed by atoms with Crippen LogP contribution in [-0.4, -0.2) is 39.8 Å². The van der Waals surface area contributed by atoms with Crippen molar-refractivity contribution in [1.29, 1.82) is 0 Å². The molecular weight excluding hydrogens is 421 g/mol. The van der Waals surface area contributed by atoms with Crippen molar-refractivity contribution >= 4 is 0 Å². The molecular formula is C14H28F6NNbO2-. The van der Waals surface area contributed by atoms with E-state index in [4.69, 9.17) is 10.2 Å². The average Bonchev–Trinajstić information content (AvgIpc) is 2.36. The Morgan fingerprint density at radius 3 is 1.12 bits per heavy atom. The second kappa shape index (κ2) is 12.4. The van der Waals surface area contributed by atoms with Crippen molar-refractivity contribution in [2.45, 2.75) is 84.0 Å². The van der Waals surface area contributed by atoms with Crippen LogP contribution in [0.4, 0.5) is 26.3 Å². The van der Waals surface area contributed by atoms with E-state index < -0.39 is 24.1 Å². The van der Waals surface area contributed by atoms with Crippen LogP contribution in [0.3, 0.4) is 0 Å². The van der Waals surface area contributed by atoms with Crippen LogP contribution in [0.1, 0.15) is 54.4 Å². The molecule has 10 heteroatoms. The second-order valence-electron chi connectivity index (χ2n) is 5.92. The van der Waals surface area contributed by atoms with E-state index in [0.717, 1.165) is 12.8 Å². The van der Waals surface area contributed by atoms with Crippen LogP contribution in [0.2, 0.25) is 0 Å². The number of aliphatic hydroxyl groups is 2. The first-order valence-corrected chi connectivity index (χ1v) is 7.72. The molecule has 0 saturated carbocycles. The molecule has 0 fully saturated rings. The van der Waals surface area contributed by atoms with Gasteiger partial charge < -0.3 is 17.6 Å². The van der Waals surface area contributed by atoms with Crippen molar-refractivity contribution in [3.05, 3.63) is 7.43 Å². The smallest absolute Gasteiger partial charge is 0.377 e. The molecule has 0 aromatic heterocycles. The Morgan fingerprint density at radius 2 is 1.12 bits per heavy atom. The Bertz CT molecular complexity index is 311. The maximum absolute atomic E-state index is 11.0. The van der Waals surface area contributed by atoms with Gasteiger partial charge in [-0.1, -0.05) is 6.92 Å². The first-order valence-electron chi connectivity index (χ1n) is 6.74. The molecule has 24 heavy (non-hydrogen) atoms. The number of halogens is 6. The summed E-state index contributed by atoms with van der Waals surface area (Å²) in [6.45, 7) is 12.0. The van der Waals surface area contributed by atoms with E-state index in [9.17, 15) is 26.3 Å². The van der Waals surface area contributed by atoms with E-state index in [1.165, 1.54) is 0 Å². The van der Waals surface area contributed by atoms with Gasteiger partial charge in [0, 0.05) is 0 Å². The van der Waals surface area contributed by atoms with Crippen LogP contribution in [-0.2, 0) is 20.9 Å². The molecule has 0 amide bonds. The molecule has 0 saturated heterocycles. The molecule has 0 rings (SSSR count). The maximum atomic E-state index is 11.0. The van der Waals surface area contributed by atoms with E-state index in [1.54, 1.807) is 34.7 Å². The maximum Gasteiger partial charge on any atom is 0.423 e. The predicted octanol–water partition coefficient (Wildman–Crippen LogP) is 4.99. The molecule has 0 aliphatic rings. The summed E-state index contributed by atoms with van der Waals surface area (Å²) < 4.78 is 70.0. The molecule has 0 spiro atoms. The molecule has 0 aromatic rings. The predicted molar refractivity (Wildman–Crippen MR) is 77.9 cm³/mol. The van der Waals surface area contributed by atoms with Crippen molar-refractivity contribution in [2.24, 2.45) is 3.34 Å². The SMILES string of the molecule is CCC(C)(C)O.CCC(C)(C)[N]=[Nb].OC(C(F)(F)F)C(F)(F)F.[CH3-]. The summed E-state index contributed by atoms with van der Waals surface area (Å²) >= 11 is 1.55. The van der Waals surface area contributed by atoms with Gasteiger partial charge >= 0.3 is 69.3 Å². The fraction of sp³-hybridized carbons (Fsp3) is 0.929. The fourth-order valence-electron chi connectivity index (χ4n) is 0.256. The van der Waals surface area contributed by atoms with Gasteiger partial charge in [-0.2, -0.15) is 26.3 Å². The average molecular weight is 449 g/mol. The Labute approximate surface area is 152 Å². The molecule has 3 nitrogen and oxygen atoms in total. The zero-order chi connectivity index (χ0) is 19.7. The van der Waals surface area contributed by atoms with E-state index in [-0.39, 0.29) is 13.0 Å². The van der Waals surface area contributed by atoms with Gasteiger partial charge in [0.1, 0.15) is 0 Å². The van der Waals surface area contributed by atoms with Crippen LogP contribution >= 0.6 is 0 Å². The molecule has 149 valence electrons. The van der Waals surface area contributed by atoms with E-state index in [2.05, 4.69) is 24.1 Å². The normalized spacial score (nSPS) is 12.2. The standard InChI is InChI=1S/C5H11N.C5H12O.C3H2F6O.CH3.Nb/c2*1-4-5(2,3)6;4-2(5,6)1(10)3(7,8)9;;/h4H2,1-3H3;6H,4H2,1-3H3;1,10H;1H3;/q;;;-1;. The summed E-state index contributed by atoms with van der Waals surface area (Å²) in [7, 11) is 0. The number of hydrogen-bond acceptors (Lipinski definition) is 3. The van der Waals surface area contributed by atoms with Crippen LogP contribution in [0.5, 0.6) is 0 Å². The first-order chi connectivity index (χ1) is 9.84. The number of aliphatic hydroxyl groups excluding tert-OH is 1. The summed E-state index contributed by atoms with van der Waals surface area (Å²) in [4.78, 5) is 0. The Morgan fingerprint density at radius 1 is 0.875 bits per heavy atom. The molecule has 0 aromatic carbocycles. The number of nitrogens with zero attached hydrogens (tertiary/aromatic N) is 1. The molecule has 0 bridgehead atoms. The van der Waals surface area contributed by atoms with E-state index in [0.29, 0.717) is 0 Å². The molecule has 0 aliphatic carbocycles. The van der Waals surface area contributed by atoms with Gasteiger partial charge in [-0.15, -0.1) is 0 Å². The first kappa shape index (κ1) is 31.8. The van der Waals surface area contributed by atoms with Gasteiger partial charge in [0.05, 0.1) is 5.60 Å². The molecule has 0 aliphatic heterocycles. The topological polar surface area (TPSA) is 52.8 Å². The monoisotopic (exact) mass is 449 g/mol. The minimum atomic E-state index is -5.63. The second-order valence-corrected chi connectivity index (χ2v) is 6.41.